The molecule has 7 nitrogen and oxygen atoms in total. The molecule has 1 heterocycles. The van der Waals surface area contributed by atoms with Crippen LogP contribution in [0.25, 0.3) is 10.9 Å². The van der Waals surface area contributed by atoms with Crippen molar-refractivity contribution in [2.75, 3.05) is 7.11 Å². The van der Waals surface area contributed by atoms with Crippen molar-refractivity contribution in [3.63, 3.8) is 0 Å². The molecule has 0 aliphatic carbocycles. The van der Waals surface area contributed by atoms with Crippen LogP contribution in [0.3, 0.4) is 0 Å². The summed E-state index contributed by atoms with van der Waals surface area (Å²) in [5, 5.41) is 8.31. The summed E-state index contributed by atoms with van der Waals surface area (Å²) in [5.74, 6) is 6.54. The van der Waals surface area contributed by atoms with Crippen LogP contribution in [-0.2, 0) is 12.5 Å². The zero-order valence-electron chi connectivity index (χ0n) is 14.9. The number of hydrazine groups is 1. The Morgan fingerprint density at radius 3 is 2.70 bits per heavy atom. The van der Waals surface area contributed by atoms with E-state index < -0.39 is 11.8 Å². The minimum Gasteiger partial charge on any atom is -0.496 e. The number of hydrazone groups is 1. The maximum atomic E-state index is 14.6. The fraction of sp³-hybridized carbons (Fsp3) is 0.222. The molecule has 0 aliphatic heterocycles. The number of aromatic nitrogens is 2. The summed E-state index contributed by atoms with van der Waals surface area (Å²) in [6, 6.07) is 11.8. The van der Waals surface area contributed by atoms with E-state index in [2.05, 4.69) is 10.2 Å². The number of ether oxygens (including phenoxy) is 1. The minimum absolute atomic E-state index is 0.293. The molecule has 0 spiro atoms. The zero-order chi connectivity index (χ0) is 19.6. The van der Waals surface area contributed by atoms with Crippen LogP contribution in [0.1, 0.15) is 16.8 Å². The number of methoxy groups -OCH3 is 1. The fourth-order valence-corrected chi connectivity index (χ4v) is 3.00. The van der Waals surface area contributed by atoms with Crippen LogP contribution >= 0.6 is 0 Å². The molecule has 27 heavy (non-hydrogen) atoms. The highest BCUT2D eigenvalue weighted by atomic mass is 19.3. The van der Waals surface area contributed by atoms with Crippen LogP contribution in [0.4, 0.5) is 8.78 Å². The SMILES string of the molecule is COc1ccccc1Cn1nc(C)c2ccc(C(F)(F)/C(=N/N)NN)cc21. The second-order valence-electron chi connectivity index (χ2n) is 5.98. The summed E-state index contributed by atoms with van der Waals surface area (Å²) < 4.78 is 36.3. The minimum atomic E-state index is -3.47. The van der Waals surface area contributed by atoms with Crippen molar-refractivity contribution in [1.29, 1.82) is 0 Å². The van der Waals surface area contributed by atoms with Crippen molar-refractivity contribution < 1.29 is 13.5 Å². The van der Waals surface area contributed by atoms with E-state index in [1.807, 2.05) is 36.6 Å². The van der Waals surface area contributed by atoms with Crippen LogP contribution < -0.4 is 21.8 Å². The monoisotopic (exact) mass is 374 g/mol. The third kappa shape index (κ3) is 3.28. The number of rotatable bonds is 5. The molecule has 3 aromatic rings. The summed E-state index contributed by atoms with van der Waals surface area (Å²) in [7, 11) is 1.58. The molecular formula is C18H20F2N6O. The van der Waals surface area contributed by atoms with Crippen LogP contribution in [0, 0.1) is 6.92 Å². The lowest BCUT2D eigenvalue weighted by Crippen LogP contribution is -2.43. The van der Waals surface area contributed by atoms with Gasteiger partial charge in [0.2, 0.25) is 5.84 Å². The van der Waals surface area contributed by atoms with Gasteiger partial charge in [-0.15, -0.1) is 0 Å². The third-order valence-corrected chi connectivity index (χ3v) is 4.37. The Bertz CT molecular complexity index is 999. The van der Waals surface area contributed by atoms with Gasteiger partial charge in [0.05, 0.1) is 24.9 Å². The molecule has 0 saturated heterocycles. The summed E-state index contributed by atoms with van der Waals surface area (Å²) >= 11 is 0. The summed E-state index contributed by atoms with van der Waals surface area (Å²) in [6.45, 7) is 2.20. The molecule has 0 aliphatic rings. The molecule has 0 atom stereocenters. The first kappa shape index (κ1) is 18.6. The van der Waals surface area contributed by atoms with Crippen molar-refractivity contribution in [2.45, 2.75) is 19.4 Å². The average molecular weight is 374 g/mol. The van der Waals surface area contributed by atoms with E-state index in [4.69, 9.17) is 16.4 Å². The number of halogens is 2. The van der Waals surface area contributed by atoms with Crippen molar-refractivity contribution in [3.05, 3.63) is 59.3 Å². The van der Waals surface area contributed by atoms with E-state index in [1.165, 1.54) is 12.1 Å². The quantitative estimate of drug-likeness (QED) is 0.275. The van der Waals surface area contributed by atoms with Gasteiger partial charge >= 0.3 is 5.92 Å². The van der Waals surface area contributed by atoms with E-state index in [0.29, 0.717) is 17.8 Å². The number of nitrogens with zero attached hydrogens (tertiary/aromatic N) is 3. The lowest BCUT2D eigenvalue weighted by atomic mass is 10.0. The van der Waals surface area contributed by atoms with Gasteiger partial charge in [-0.3, -0.25) is 4.68 Å². The number of nitrogens with two attached hydrogens (primary N) is 2. The number of para-hydroxylation sites is 1. The van der Waals surface area contributed by atoms with Gasteiger partial charge in [0.1, 0.15) is 5.75 Å². The first-order valence-electron chi connectivity index (χ1n) is 8.14. The molecule has 0 radical (unpaired) electrons. The first-order valence-corrected chi connectivity index (χ1v) is 8.14. The van der Waals surface area contributed by atoms with Crippen LogP contribution in [0.5, 0.6) is 5.75 Å². The molecule has 2 aromatic carbocycles. The number of aryl methyl sites for hydroxylation is 1. The molecule has 5 N–H and O–H groups in total. The molecule has 0 bridgehead atoms. The summed E-state index contributed by atoms with van der Waals surface area (Å²) in [5.41, 5.74) is 3.73. The lowest BCUT2D eigenvalue weighted by Gasteiger charge is -2.18. The zero-order valence-corrected chi connectivity index (χ0v) is 14.9. The number of amidine groups is 1. The van der Waals surface area contributed by atoms with Gasteiger partial charge in [-0.25, -0.2) is 5.84 Å². The number of alkyl halides is 2. The highest BCUT2D eigenvalue weighted by molar-refractivity contribution is 5.91. The van der Waals surface area contributed by atoms with E-state index in [-0.39, 0.29) is 5.56 Å². The van der Waals surface area contributed by atoms with Crippen LogP contribution in [0.2, 0.25) is 0 Å². The molecule has 0 fully saturated rings. The molecule has 142 valence electrons. The van der Waals surface area contributed by atoms with Gasteiger partial charge in [0.15, 0.2) is 0 Å². The fourth-order valence-electron chi connectivity index (χ4n) is 3.00. The highest BCUT2D eigenvalue weighted by Crippen LogP contribution is 2.32. The van der Waals surface area contributed by atoms with Gasteiger partial charge in [0.25, 0.3) is 0 Å². The van der Waals surface area contributed by atoms with Crippen LogP contribution in [0.15, 0.2) is 47.6 Å². The summed E-state index contributed by atoms with van der Waals surface area (Å²) in [6.07, 6.45) is 0. The van der Waals surface area contributed by atoms with Gasteiger partial charge in [-0.1, -0.05) is 30.3 Å². The second kappa shape index (κ2) is 7.20. The van der Waals surface area contributed by atoms with Gasteiger partial charge in [-0.05, 0) is 19.1 Å². The van der Waals surface area contributed by atoms with Crippen molar-refractivity contribution >= 4 is 16.7 Å². The smallest absolute Gasteiger partial charge is 0.332 e. The lowest BCUT2D eigenvalue weighted by molar-refractivity contribution is 0.0714. The van der Waals surface area contributed by atoms with Gasteiger partial charge in [0, 0.05) is 16.5 Å². The predicted octanol–water partition coefficient (Wildman–Crippen LogP) is 2.23. The Hall–Kier alpha value is -3.20. The molecule has 0 unspecified atom stereocenters. The van der Waals surface area contributed by atoms with Crippen molar-refractivity contribution in [1.82, 2.24) is 15.2 Å². The number of hydrogen-bond donors (Lipinski definition) is 3. The Morgan fingerprint density at radius 1 is 1.30 bits per heavy atom. The average Bonchev–Trinajstić information content (AvgIpc) is 2.98. The van der Waals surface area contributed by atoms with Gasteiger partial charge < -0.3 is 16.0 Å². The largest absolute Gasteiger partial charge is 0.496 e. The van der Waals surface area contributed by atoms with E-state index in [0.717, 1.165) is 16.6 Å². The second-order valence-corrected chi connectivity index (χ2v) is 5.98. The van der Waals surface area contributed by atoms with E-state index in [1.54, 1.807) is 17.9 Å². The van der Waals surface area contributed by atoms with E-state index >= 15 is 0 Å². The Morgan fingerprint density at radius 2 is 2.04 bits per heavy atom. The van der Waals surface area contributed by atoms with Crippen LogP contribution in [-0.4, -0.2) is 22.7 Å². The third-order valence-electron chi connectivity index (χ3n) is 4.37. The molecule has 0 saturated carbocycles. The molecular weight excluding hydrogens is 354 g/mol. The topological polar surface area (TPSA) is 103 Å². The maximum Gasteiger partial charge on any atom is 0.332 e. The first-order chi connectivity index (χ1) is 12.9. The number of benzene rings is 2. The number of fused-ring (bicyclic) bond motifs is 1. The van der Waals surface area contributed by atoms with Crippen molar-refractivity contribution in [2.24, 2.45) is 16.8 Å². The normalized spacial score (nSPS) is 12.4. The number of nitrogens with one attached hydrogen (secondary N) is 1. The molecule has 1 aromatic heterocycles. The molecule has 0 amide bonds. The predicted molar refractivity (Wildman–Crippen MR) is 99.4 cm³/mol. The Balaban J connectivity index is 2.10. The Labute approximate surface area is 154 Å². The van der Waals surface area contributed by atoms with Crippen molar-refractivity contribution in [3.8, 4) is 5.75 Å². The standard InChI is InChI=1S/C18H20F2N6O/c1-11-14-8-7-13(18(19,20)17(23-21)24-22)9-15(14)26(25-11)10-12-5-3-4-6-16(12)27-2/h3-9H,10,21-22H2,1-2H3,(H,23,24). The van der Waals surface area contributed by atoms with Gasteiger partial charge in [-0.2, -0.15) is 19.0 Å². The summed E-state index contributed by atoms with van der Waals surface area (Å²) in [4.78, 5) is 0. The Kier molecular flexibility index (Phi) is 4.95. The van der Waals surface area contributed by atoms with E-state index in [9.17, 15) is 8.78 Å². The maximum absolute atomic E-state index is 14.6. The number of hydrogen-bond acceptors (Lipinski definition) is 5. The molecule has 3 rings (SSSR count). The highest BCUT2D eigenvalue weighted by Gasteiger charge is 2.39. The molecule has 9 heteroatoms.